The third-order valence-corrected chi connectivity index (χ3v) is 2.64. The van der Waals surface area contributed by atoms with Crippen LogP contribution in [-0.4, -0.2) is 38.9 Å². The van der Waals surface area contributed by atoms with Crippen LogP contribution in [-0.2, 0) is 0 Å². The Balaban J connectivity index is 1.64. The summed E-state index contributed by atoms with van der Waals surface area (Å²) in [4.78, 5) is 15.1. The summed E-state index contributed by atoms with van der Waals surface area (Å²) in [6.45, 7) is 1.27. The van der Waals surface area contributed by atoms with Gasteiger partial charge in [0, 0.05) is 13.1 Å². The molecule has 1 fully saturated rings. The van der Waals surface area contributed by atoms with Crippen LogP contribution >= 0.6 is 0 Å². The number of aromatic nitrogens is 3. The summed E-state index contributed by atoms with van der Waals surface area (Å²) >= 11 is 0. The van der Waals surface area contributed by atoms with Crippen LogP contribution < -0.4 is 0 Å². The number of hydrogen-bond acceptors (Lipinski definition) is 4. The normalized spacial score (nSPS) is 16.1. The summed E-state index contributed by atoms with van der Waals surface area (Å²) in [7, 11) is 0. The van der Waals surface area contributed by atoms with Crippen molar-refractivity contribution in [3.05, 3.63) is 36.5 Å². The SMILES string of the molecule is O=C(c1ccco1)N1CC(n2nccn2)C1. The van der Waals surface area contributed by atoms with Crippen LogP contribution in [0.5, 0.6) is 0 Å². The van der Waals surface area contributed by atoms with Gasteiger partial charge in [-0.1, -0.05) is 0 Å². The minimum absolute atomic E-state index is 0.0755. The number of rotatable bonds is 2. The molecule has 6 nitrogen and oxygen atoms in total. The number of likely N-dealkylation sites (tertiary alicyclic amines) is 1. The fourth-order valence-corrected chi connectivity index (χ4v) is 1.74. The second-order valence-electron chi connectivity index (χ2n) is 3.69. The lowest BCUT2D eigenvalue weighted by molar-refractivity contribution is 0.0445. The van der Waals surface area contributed by atoms with Gasteiger partial charge in [-0.3, -0.25) is 4.79 Å². The van der Waals surface area contributed by atoms with Gasteiger partial charge in [0.15, 0.2) is 5.76 Å². The number of carbonyl (C=O) groups excluding carboxylic acids is 1. The largest absolute Gasteiger partial charge is 0.459 e. The standard InChI is InChI=1S/C10H10N4O2/c15-10(9-2-1-5-16-9)13-6-8(7-13)14-11-3-4-12-14/h1-5,8H,6-7H2. The van der Waals surface area contributed by atoms with Crippen molar-refractivity contribution in [1.82, 2.24) is 19.9 Å². The molecule has 0 aromatic carbocycles. The van der Waals surface area contributed by atoms with Crippen LogP contribution in [0.2, 0.25) is 0 Å². The van der Waals surface area contributed by atoms with Gasteiger partial charge in [-0.15, -0.1) is 0 Å². The molecule has 0 radical (unpaired) electrons. The van der Waals surface area contributed by atoms with Gasteiger partial charge >= 0.3 is 0 Å². The Bertz CT molecular complexity index is 471. The Morgan fingerprint density at radius 3 is 2.75 bits per heavy atom. The van der Waals surface area contributed by atoms with Crippen molar-refractivity contribution in [2.45, 2.75) is 6.04 Å². The predicted octanol–water partition coefficient (Wildman–Crippen LogP) is 0.568. The first-order chi connectivity index (χ1) is 7.84. The highest BCUT2D eigenvalue weighted by Gasteiger charge is 2.34. The molecule has 3 rings (SSSR count). The van der Waals surface area contributed by atoms with E-state index in [2.05, 4.69) is 10.2 Å². The van der Waals surface area contributed by atoms with Crippen molar-refractivity contribution >= 4 is 5.91 Å². The third-order valence-electron chi connectivity index (χ3n) is 2.64. The molecule has 2 aromatic heterocycles. The van der Waals surface area contributed by atoms with Gasteiger partial charge in [-0.05, 0) is 12.1 Å². The Kier molecular flexibility index (Phi) is 1.99. The predicted molar refractivity (Wildman–Crippen MR) is 53.7 cm³/mol. The van der Waals surface area contributed by atoms with E-state index in [4.69, 9.17) is 4.42 Å². The Morgan fingerprint density at radius 1 is 1.38 bits per heavy atom. The van der Waals surface area contributed by atoms with E-state index in [1.807, 2.05) is 0 Å². The maximum Gasteiger partial charge on any atom is 0.289 e. The van der Waals surface area contributed by atoms with Crippen molar-refractivity contribution in [2.24, 2.45) is 0 Å². The monoisotopic (exact) mass is 218 g/mol. The van der Waals surface area contributed by atoms with Crippen LogP contribution in [0.3, 0.4) is 0 Å². The summed E-state index contributed by atoms with van der Waals surface area (Å²) in [5.74, 6) is 0.306. The molecule has 0 unspecified atom stereocenters. The third kappa shape index (κ3) is 1.39. The Morgan fingerprint density at radius 2 is 2.12 bits per heavy atom. The summed E-state index contributed by atoms with van der Waals surface area (Å²) in [6.07, 6.45) is 4.77. The number of carbonyl (C=O) groups is 1. The summed E-state index contributed by atoms with van der Waals surface area (Å²) in [5.41, 5.74) is 0. The highest BCUT2D eigenvalue weighted by Crippen LogP contribution is 2.21. The smallest absolute Gasteiger partial charge is 0.289 e. The fraction of sp³-hybridized carbons (Fsp3) is 0.300. The lowest BCUT2D eigenvalue weighted by atomic mass is 10.1. The molecule has 1 aliphatic heterocycles. The van der Waals surface area contributed by atoms with E-state index in [9.17, 15) is 4.79 Å². The van der Waals surface area contributed by atoms with Gasteiger partial charge in [-0.2, -0.15) is 15.0 Å². The molecule has 0 spiro atoms. The second kappa shape index (κ2) is 3.48. The summed E-state index contributed by atoms with van der Waals surface area (Å²) < 4.78 is 5.05. The zero-order valence-corrected chi connectivity index (χ0v) is 8.48. The lowest BCUT2D eigenvalue weighted by Crippen LogP contribution is -2.51. The van der Waals surface area contributed by atoms with Crippen LogP contribution in [0.1, 0.15) is 16.6 Å². The topological polar surface area (TPSA) is 64.2 Å². The van der Waals surface area contributed by atoms with Gasteiger partial charge in [0.1, 0.15) is 6.04 Å². The molecule has 1 aliphatic rings. The molecule has 3 heterocycles. The van der Waals surface area contributed by atoms with E-state index in [1.54, 1.807) is 34.2 Å². The van der Waals surface area contributed by atoms with Crippen molar-refractivity contribution in [2.75, 3.05) is 13.1 Å². The van der Waals surface area contributed by atoms with Gasteiger partial charge in [-0.25, -0.2) is 0 Å². The first kappa shape index (κ1) is 9.14. The van der Waals surface area contributed by atoms with E-state index in [-0.39, 0.29) is 11.9 Å². The number of furan rings is 1. The van der Waals surface area contributed by atoms with Gasteiger partial charge in [0.05, 0.1) is 18.7 Å². The zero-order valence-electron chi connectivity index (χ0n) is 8.48. The Hall–Kier alpha value is -2.11. The van der Waals surface area contributed by atoms with Crippen molar-refractivity contribution < 1.29 is 9.21 Å². The zero-order chi connectivity index (χ0) is 11.0. The lowest BCUT2D eigenvalue weighted by Gasteiger charge is -2.37. The van der Waals surface area contributed by atoms with Gasteiger partial charge in [0.2, 0.25) is 0 Å². The quantitative estimate of drug-likeness (QED) is 0.739. The molecule has 0 aliphatic carbocycles. The molecule has 16 heavy (non-hydrogen) atoms. The van der Waals surface area contributed by atoms with E-state index in [0.717, 1.165) is 0 Å². The molecule has 82 valence electrons. The molecular weight excluding hydrogens is 208 g/mol. The first-order valence-electron chi connectivity index (χ1n) is 5.03. The van der Waals surface area contributed by atoms with Crippen LogP contribution in [0, 0.1) is 0 Å². The molecule has 0 saturated carbocycles. The van der Waals surface area contributed by atoms with E-state index in [0.29, 0.717) is 18.8 Å². The highest BCUT2D eigenvalue weighted by atomic mass is 16.3. The van der Waals surface area contributed by atoms with E-state index in [1.165, 1.54) is 6.26 Å². The molecule has 0 atom stereocenters. The van der Waals surface area contributed by atoms with Crippen molar-refractivity contribution in [3.63, 3.8) is 0 Å². The van der Waals surface area contributed by atoms with E-state index < -0.39 is 0 Å². The average molecular weight is 218 g/mol. The Labute approximate surface area is 91.5 Å². The number of nitrogens with zero attached hydrogens (tertiary/aromatic N) is 4. The second-order valence-corrected chi connectivity index (χ2v) is 3.69. The maximum atomic E-state index is 11.8. The summed E-state index contributed by atoms with van der Waals surface area (Å²) in [6, 6.07) is 3.57. The maximum absolute atomic E-state index is 11.8. The molecule has 1 saturated heterocycles. The minimum atomic E-state index is -0.0755. The average Bonchev–Trinajstić information content (AvgIpc) is 2.88. The van der Waals surface area contributed by atoms with Crippen LogP contribution in [0.25, 0.3) is 0 Å². The van der Waals surface area contributed by atoms with Gasteiger partial charge < -0.3 is 9.32 Å². The minimum Gasteiger partial charge on any atom is -0.459 e. The van der Waals surface area contributed by atoms with Crippen LogP contribution in [0.15, 0.2) is 35.2 Å². The fourth-order valence-electron chi connectivity index (χ4n) is 1.74. The van der Waals surface area contributed by atoms with Crippen molar-refractivity contribution in [3.8, 4) is 0 Å². The molecule has 1 amide bonds. The first-order valence-corrected chi connectivity index (χ1v) is 5.03. The molecule has 2 aromatic rings. The summed E-state index contributed by atoms with van der Waals surface area (Å²) in [5, 5.41) is 8.08. The highest BCUT2D eigenvalue weighted by molar-refractivity contribution is 5.92. The van der Waals surface area contributed by atoms with Crippen LogP contribution in [0.4, 0.5) is 0 Å². The van der Waals surface area contributed by atoms with Gasteiger partial charge in [0.25, 0.3) is 5.91 Å². The molecule has 0 bridgehead atoms. The number of hydrogen-bond donors (Lipinski definition) is 0. The van der Waals surface area contributed by atoms with E-state index >= 15 is 0 Å². The molecule has 0 N–H and O–H groups in total. The molecule has 6 heteroatoms. The van der Waals surface area contributed by atoms with Crippen molar-refractivity contribution in [1.29, 1.82) is 0 Å². The number of amides is 1. The molecular formula is C10H10N4O2.